The molecule has 5 N–H and O–H groups in total. The summed E-state index contributed by atoms with van der Waals surface area (Å²) in [7, 11) is 0. The molecule has 3 heterocycles. The topological polar surface area (TPSA) is 176 Å². The van der Waals surface area contributed by atoms with E-state index in [1.54, 1.807) is 48.8 Å². The molecule has 4 atom stereocenters. The molecular weight excluding hydrogens is 711 g/mol. The Hall–Kier alpha value is -6.82. The smallest absolute Gasteiger partial charge is 0.326 e. The predicted octanol–water partition coefficient (Wildman–Crippen LogP) is 3.83. The lowest BCUT2D eigenvalue weighted by atomic mass is 9.98. The zero-order valence-corrected chi connectivity index (χ0v) is 30.6. The number of pyridine rings is 1. The number of carbonyl (C=O) groups excluding carboxylic acids is 4. The molecule has 56 heavy (non-hydrogen) atoms. The van der Waals surface area contributed by atoms with Crippen LogP contribution in [0.2, 0.25) is 0 Å². The number of hydrogen-bond donors (Lipinski definition) is 5. The van der Waals surface area contributed by atoms with Gasteiger partial charge in [0.15, 0.2) is 6.61 Å². The fourth-order valence-electron chi connectivity index (χ4n) is 6.46. The third kappa shape index (κ3) is 11.1. The molecule has 0 radical (unpaired) electrons. The number of carboxylic acid groups (broad SMARTS) is 1. The number of aliphatic carboxylic acids is 1. The first kappa shape index (κ1) is 38.9. The number of hydrogen-bond acceptors (Lipinski definition) is 7. The van der Waals surface area contributed by atoms with E-state index in [2.05, 4.69) is 26.3 Å². The molecule has 5 aromatic rings. The Kier molecular flexibility index (Phi) is 13.2. The van der Waals surface area contributed by atoms with Crippen LogP contribution in [0.5, 0.6) is 5.75 Å². The highest BCUT2D eigenvalue weighted by atomic mass is 16.5. The highest BCUT2D eigenvalue weighted by molar-refractivity contribution is 5.95. The molecule has 2 bridgehead atoms. The van der Waals surface area contributed by atoms with Gasteiger partial charge in [0, 0.05) is 31.7 Å². The van der Waals surface area contributed by atoms with Crippen LogP contribution in [-0.4, -0.2) is 70.5 Å². The average Bonchev–Trinajstić information content (AvgIpc) is 3.22. The highest BCUT2D eigenvalue weighted by Crippen LogP contribution is 2.20. The minimum atomic E-state index is -1.31. The maximum Gasteiger partial charge on any atom is 0.326 e. The number of benzene rings is 4. The van der Waals surface area contributed by atoms with Crippen LogP contribution in [0.4, 0.5) is 0 Å². The zero-order valence-electron chi connectivity index (χ0n) is 30.6. The number of amides is 4. The number of rotatable bonds is 9. The molecule has 4 aromatic carbocycles. The van der Waals surface area contributed by atoms with Crippen LogP contribution >= 0.6 is 0 Å². The zero-order chi connectivity index (χ0) is 39.3. The van der Waals surface area contributed by atoms with Gasteiger partial charge in [-0.3, -0.25) is 24.2 Å². The van der Waals surface area contributed by atoms with Gasteiger partial charge in [-0.2, -0.15) is 0 Å². The van der Waals surface area contributed by atoms with Crippen LogP contribution < -0.4 is 26.0 Å². The fourth-order valence-corrected chi connectivity index (χ4v) is 6.46. The summed E-state index contributed by atoms with van der Waals surface area (Å²) >= 11 is 0. The SMILES string of the molecule is O=C1COc2ccc(cc2)C[C@@H](C(=O)O)NC(=O)[C@H](CCc2ccccc2)NC(=O)[C@@H](Cc2ccc(-c3ccccc3)cc2)NC(=O)[C@H](Cc2ccncc2)N1. The maximum absolute atomic E-state index is 14.3. The van der Waals surface area contributed by atoms with E-state index < -0.39 is 60.4 Å². The molecule has 12 heteroatoms. The summed E-state index contributed by atoms with van der Waals surface area (Å²) in [6.45, 7) is -0.409. The van der Waals surface area contributed by atoms with E-state index in [9.17, 15) is 29.1 Å². The number of ether oxygens (including phenoxy) is 1. The first-order chi connectivity index (χ1) is 27.2. The summed E-state index contributed by atoms with van der Waals surface area (Å²) in [6.07, 6.45) is 3.80. The molecular formula is C44H43N5O7. The summed E-state index contributed by atoms with van der Waals surface area (Å²) in [5.41, 5.74) is 4.94. The van der Waals surface area contributed by atoms with Crippen molar-refractivity contribution in [3.63, 3.8) is 0 Å². The van der Waals surface area contributed by atoms with Crippen molar-refractivity contribution in [2.45, 2.75) is 56.3 Å². The third-order valence-electron chi connectivity index (χ3n) is 9.52. The Balaban J connectivity index is 1.33. The van der Waals surface area contributed by atoms with Crippen molar-refractivity contribution in [1.82, 2.24) is 26.3 Å². The van der Waals surface area contributed by atoms with Crippen molar-refractivity contribution in [2.75, 3.05) is 6.61 Å². The standard InChI is InChI=1S/C44H43N5O7/c50-40-28-56-35-18-13-31(14-19-35)27-39(44(54)55)49-41(51)36(20-15-29-7-3-1-4-8-29)47-43(53)38(48-42(52)37(46-40)26-32-21-23-45-24-22-32)25-30-11-16-34(17-12-30)33-9-5-2-6-10-33/h1-14,16-19,21-24,36-39H,15,20,25-28H2,(H,46,50)(H,47,53)(H,48,52)(H,49,51)(H,54,55)/t36-,37-,38+,39-/m0/s1. The van der Waals surface area contributed by atoms with Crippen molar-refractivity contribution >= 4 is 29.6 Å². The number of aryl methyl sites for hydroxylation is 1. The minimum Gasteiger partial charge on any atom is -0.484 e. The van der Waals surface area contributed by atoms with Gasteiger partial charge in [0.2, 0.25) is 17.7 Å². The Morgan fingerprint density at radius 3 is 1.80 bits per heavy atom. The van der Waals surface area contributed by atoms with Gasteiger partial charge < -0.3 is 31.1 Å². The lowest BCUT2D eigenvalue weighted by molar-refractivity contribution is -0.142. The molecule has 0 unspecified atom stereocenters. The maximum atomic E-state index is 14.3. The van der Waals surface area contributed by atoms with Gasteiger partial charge in [-0.1, -0.05) is 97.1 Å². The first-order valence-corrected chi connectivity index (χ1v) is 18.4. The summed E-state index contributed by atoms with van der Waals surface area (Å²) < 4.78 is 5.69. The van der Waals surface area contributed by atoms with Crippen LogP contribution in [0.25, 0.3) is 11.1 Å². The molecule has 2 aliphatic rings. The number of nitrogens with one attached hydrogen (secondary N) is 4. The lowest BCUT2D eigenvalue weighted by Gasteiger charge is -2.26. The van der Waals surface area contributed by atoms with E-state index >= 15 is 0 Å². The molecule has 7 rings (SSSR count). The predicted molar refractivity (Wildman–Crippen MR) is 209 cm³/mol. The fraction of sp³-hybridized carbons (Fsp3) is 0.227. The van der Waals surface area contributed by atoms with Crippen molar-refractivity contribution in [1.29, 1.82) is 0 Å². The molecule has 12 nitrogen and oxygen atoms in total. The molecule has 0 spiro atoms. The molecule has 0 aliphatic carbocycles. The quantitative estimate of drug-likeness (QED) is 0.141. The van der Waals surface area contributed by atoms with Crippen LogP contribution in [0.1, 0.15) is 28.7 Å². The summed E-state index contributed by atoms with van der Waals surface area (Å²) in [5, 5.41) is 21.2. The van der Waals surface area contributed by atoms with E-state index in [1.807, 2.05) is 84.9 Å². The Bertz CT molecular complexity index is 2100. The Morgan fingerprint density at radius 1 is 0.607 bits per heavy atom. The molecule has 4 amide bonds. The molecule has 0 saturated carbocycles. The number of nitrogens with zero attached hydrogens (tertiary/aromatic N) is 1. The van der Waals surface area contributed by atoms with Crippen molar-refractivity contribution in [3.05, 3.63) is 156 Å². The van der Waals surface area contributed by atoms with Gasteiger partial charge in [-0.25, -0.2) is 4.79 Å². The summed E-state index contributed by atoms with van der Waals surface area (Å²) in [6, 6.07) is 32.0. The molecule has 286 valence electrons. The molecule has 0 fully saturated rings. The van der Waals surface area contributed by atoms with Gasteiger partial charge >= 0.3 is 5.97 Å². The van der Waals surface area contributed by atoms with Crippen LogP contribution in [0, 0.1) is 0 Å². The number of aromatic nitrogens is 1. The number of fused-ring (bicyclic) bond motifs is 16. The Morgan fingerprint density at radius 2 is 1.16 bits per heavy atom. The average molecular weight is 754 g/mol. The van der Waals surface area contributed by atoms with E-state index in [4.69, 9.17) is 4.74 Å². The summed E-state index contributed by atoms with van der Waals surface area (Å²) in [5.74, 6) is -3.44. The molecule has 1 aromatic heterocycles. The highest BCUT2D eigenvalue weighted by Gasteiger charge is 2.32. The van der Waals surface area contributed by atoms with E-state index in [1.165, 1.54) is 0 Å². The Labute approximate surface area is 324 Å². The van der Waals surface area contributed by atoms with Gasteiger partial charge in [-0.15, -0.1) is 0 Å². The second-order valence-electron chi connectivity index (χ2n) is 13.6. The second kappa shape index (κ2) is 19.0. The van der Waals surface area contributed by atoms with Gasteiger partial charge in [-0.05, 0) is 70.5 Å². The van der Waals surface area contributed by atoms with E-state index in [0.29, 0.717) is 17.7 Å². The number of carboxylic acids is 1. The third-order valence-corrected chi connectivity index (χ3v) is 9.52. The van der Waals surface area contributed by atoms with Gasteiger partial charge in [0.1, 0.15) is 29.9 Å². The van der Waals surface area contributed by atoms with Gasteiger partial charge in [0.05, 0.1) is 0 Å². The minimum absolute atomic E-state index is 0.0461. The lowest BCUT2D eigenvalue weighted by Crippen LogP contribution is -2.59. The first-order valence-electron chi connectivity index (χ1n) is 18.4. The normalized spacial score (nSPS) is 19.5. The largest absolute Gasteiger partial charge is 0.484 e. The van der Waals surface area contributed by atoms with E-state index in [-0.39, 0.29) is 25.7 Å². The van der Waals surface area contributed by atoms with Crippen LogP contribution in [0.3, 0.4) is 0 Å². The van der Waals surface area contributed by atoms with Crippen molar-refractivity contribution < 1.29 is 33.8 Å². The van der Waals surface area contributed by atoms with Crippen molar-refractivity contribution in [3.8, 4) is 16.9 Å². The summed E-state index contributed by atoms with van der Waals surface area (Å²) in [4.78, 5) is 72.1. The molecule has 0 saturated heterocycles. The van der Waals surface area contributed by atoms with Crippen molar-refractivity contribution in [2.24, 2.45) is 0 Å². The second-order valence-corrected chi connectivity index (χ2v) is 13.6. The van der Waals surface area contributed by atoms with Gasteiger partial charge in [0.25, 0.3) is 5.91 Å². The number of carbonyl (C=O) groups is 5. The van der Waals surface area contributed by atoms with Crippen LogP contribution in [-0.2, 0) is 49.7 Å². The monoisotopic (exact) mass is 753 g/mol. The van der Waals surface area contributed by atoms with Crippen LogP contribution in [0.15, 0.2) is 134 Å². The molecule has 2 aliphatic heterocycles. The van der Waals surface area contributed by atoms with E-state index in [0.717, 1.165) is 27.8 Å².